The Morgan fingerprint density at radius 1 is 0.767 bits per heavy atom. The third-order valence-electron chi connectivity index (χ3n) is 6.47. The Hall–Kier alpha value is -0.710. The van der Waals surface area contributed by atoms with Gasteiger partial charge in [-0.1, -0.05) is 0 Å². The van der Waals surface area contributed by atoms with Crippen LogP contribution in [0.25, 0.3) is 0 Å². The summed E-state index contributed by atoms with van der Waals surface area (Å²) in [7, 11) is -4.53. The Morgan fingerprint density at radius 3 is 1.95 bits per heavy atom. The molecule has 2 saturated heterocycles. The number of carbonyl (C=O) groups is 1. The SMILES string of the molecule is O=C[C@H](O)[C@@H](O)[C@H](O)[C@H](O)CO[C@H]1O[C@H](CO[C@H]2O[C@H](CO)[C@@H](O)[C@H](O)[C@H]2O)[C@@H](O)[C@H](O)[C@H]1OCC(O)CSS(=O)(=O)O. The molecule has 2 rings (SSSR count). The quantitative estimate of drug-likeness (QED) is 0.0387. The number of aliphatic hydroxyl groups is 11. The van der Waals surface area contributed by atoms with E-state index in [0.717, 1.165) is 0 Å². The van der Waals surface area contributed by atoms with Crippen LogP contribution in [0.2, 0.25) is 0 Å². The van der Waals surface area contributed by atoms with Crippen molar-refractivity contribution < 1.29 is 97.6 Å². The van der Waals surface area contributed by atoms with Crippen molar-refractivity contribution in [2.75, 3.05) is 32.2 Å². The van der Waals surface area contributed by atoms with E-state index in [4.69, 9.17) is 28.2 Å². The van der Waals surface area contributed by atoms with Crippen molar-refractivity contribution in [3.8, 4) is 0 Å². The van der Waals surface area contributed by atoms with Crippen molar-refractivity contribution in [3.63, 3.8) is 0 Å². The first-order chi connectivity index (χ1) is 20.0. The summed E-state index contributed by atoms with van der Waals surface area (Å²) in [4.78, 5) is 10.7. The number of rotatable bonds is 17. The minimum atomic E-state index is -4.51. The van der Waals surface area contributed by atoms with E-state index < -0.39 is 133 Å². The fourth-order valence-electron chi connectivity index (χ4n) is 3.99. The molecule has 2 aliphatic heterocycles. The van der Waals surface area contributed by atoms with Gasteiger partial charge >= 0.3 is 9.15 Å². The van der Waals surface area contributed by atoms with Gasteiger partial charge in [0.1, 0.15) is 73.2 Å². The van der Waals surface area contributed by atoms with E-state index in [1.54, 1.807) is 0 Å². The second-order valence-electron chi connectivity index (χ2n) is 9.73. The molecular weight excluding hydrogens is 636 g/mol. The summed E-state index contributed by atoms with van der Waals surface area (Å²) >= 11 is 0. The molecule has 0 spiro atoms. The highest BCUT2D eigenvalue weighted by molar-refractivity contribution is 8.69. The van der Waals surface area contributed by atoms with Gasteiger partial charge in [0.05, 0.1) is 32.5 Å². The van der Waals surface area contributed by atoms with Crippen LogP contribution in [0.1, 0.15) is 0 Å². The highest BCUT2D eigenvalue weighted by Gasteiger charge is 2.49. The fraction of sp³-hybridized carbons (Fsp3) is 0.952. The lowest BCUT2D eigenvalue weighted by Gasteiger charge is -2.44. The molecule has 254 valence electrons. The number of hydrogen-bond acceptors (Lipinski definition) is 20. The van der Waals surface area contributed by atoms with Gasteiger partial charge in [-0.2, -0.15) is 8.42 Å². The van der Waals surface area contributed by atoms with Crippen molar-refractivity contribution in [2.24, 2.45) is 0 Å². The Morgan fingerprint density at radius 2 is 1.37 bits per heavy atom. The van der Waals surface area contributed by atoms with Gasteiger partial charge in [-0.3, -0.25) is 4.55 Å². The topological polar surface area (TPSA) is 340 Å². The van der Waals surface area contributed by atoms with Gasteiger partial charge in [-0.05, 0) is 10.8 Å². The number of ether oxygens (including phenoxy) is 5. The average molecular weight is 675 g/mol. The normalized spacial score (nSPS) is 37.3. The van der Waals surface area contributed by atoms with Crippen molar-refractivity contribution in [3.05, 3.63) is 0 Å². The molecule has 0 aliphatic carbocycles. The van der Waals surface area contributed by atoms with Crippen LogP contribution in [-0.4, -0.2) is 200 Å². The van der Waals surface area contributed by atoms with Gasteiger partial charge in [0.15, 0.2) is 18.9 Å². The predicted octanol–water partition coefficient (Wildman–Crippen LogP) is -7.81. The van der Waals surface area contributed by atoms with Crippen LogP contribution in [0.4, 0.5) is 0 Å². The zero-order chi connectivity index (χ0) is 32.6. The van der Waals surface area contributed by atoms with Gasteiger partial charge in [0.2, 0.25) is 0 Å². The average Bonchev–Trinajstić information content (AvgIpc) is 2.97. The second-order valence-corrected chi connectivity index (χ2v) is 13.1. The first kappa shape index (κ1) is 38.5. The summed E-state index contributed by atoms with van der Waals surface area (Å²) in [6, 6.07) is 0. The minimum Gasteiger partial charge on any atom is -0.394 e. The number of hydrogen-bond donors (Lipinski definition) is 12. The zero-order valence-electron chi connectivity index (χ0n) is 22.2. The summed E-state index contributed by atoms with van der Waals surface area (Å²) in [6.07, 6.45) is -26.9. The smallest absolute Gasteiger partial charge is 0.319 e. The monoisotopic (exact) mass is 674 g/mol. The van der Waals surface area contributed by atoms with Gasteiger partial charge < -0.3 is 84.7 Å². The maximum atomic E-state index is 10.9. The van der Waals surface area contributed by atoms with E-state index in [2.05, 4.69) is 0 Å². The third-order valence-corrected chi connectivity index (χ3v) is 8.59. The highest BCUT2D eigenvalue weighted by atomic mass is 33.1. The van der Waals surface area contributed by atoms with Gasteiger partial charge in [-0.25, -0.2) is 0 Å². The van der Waals surface area contributed by atoms with Gasteiger partial charge in [-0.15, -0.1) is 0 Å². The van der Waals surface area contributed by atoms with Gasteiger partial charge in [0, 0.05) is 5.75 Å². The molecule has 12 N–H and O–H groups in total. The van der Waals surface area contributed by atoms with Gasteiger partial charge in [0.25, 0.3) is 0 Å². The molecule has 0 radical (unpaired) electrons. The van der Waals surface area contributed by atoms with Crippen LogP contribution in [0, 0.1) is 0 Å². The van der Waals surface area contributed by atoms with Crippen LogP contribution < -0.4 is 0 Å². The molecule has 0 aromatic carbocycles. The maximum absolute atomic E-state index is 10.9. The largest absolute Gasteiger partial charge is 0.394 e. The van der Waals surface area contributed by atoms with E-state index in [-0.39, 0.29) is 17.1 Å². The fourth-order valence-corrected chi connectivity index (χ4v) is 5.40. The Bertz CT molecular complexity index is 942. The number of carbonyl (C=O) groups excluding carboxylic acids is 1. The summed E-state index contributed by atoms with van der Waals surface area (Å²) in [6.45, 7) is -3.07. The van der Waals surface area contributed by atoms with E-state index in [0.29, 0.717) is 0 Å². The first-order valence-electron chi connectivity index (χ1n) is 12.7. The molecule has 0 aromatic rings. The maximum Gasteiger partial charge on any atom is 0.319 e. The zero-order valence-corrected chi connectivity index (χ0v) is 23.9. The third kappa shape index (κ3) is 11.0. The highest BCUT2D eigenvalue weighted by Crippen LogP contribution is 2.28. The van der Waals surface area contributed by atoms with Crippen molar-refractivity contribution in [1.82, 2.24) is 0 Å². The molecule has 15 atom stereocenters. The number of aldehydes is 1. The Balaban J connectivity index is 2.14. The molecule has 1 unspecified atom stereocenters. The molecule has 2 aliphatic rings. The molecule has 0 bridgehead atoms. The first-order valence-corrected chi connectivity index (χ1v) is 15.6. The lowest BCUT2D eigenvalue weighted by atomic mass is 9.98. The van der Waals surface area contributed by atoms with E-state index >= 15 is 0 Å². The van der Waals surface area contributed by atoms with Crippen LogP contribution in [0.5, 0.6) is 0 Å². The van der Waals surface area contributed by atoms with Crippen molar-refractivity contribution >= 4 is 26.2 Å². The van der Waals surface area contributed by atoms with Crippen molar-refractivity contribution in [2.45, 2.75) is 91.9 Å². The molecule has 0 aromatic heterocycles. The van der Waals surface area contributed by atoms with Crippen LogP contribution in [-0.2, 0) is 37.6 Å². The molecule has 2 heterocycles. The van der Waals surface area contributed by atoms with Crippen LogP contribution in [0.3, 0.4) is 0 Å². The predicted molar refractivity (Wildman–Crippen MR) is 136 cm³/mol. The van der Waals surface area contributed by atoms with Crippen LogP contribution in [0.15, 0.2) is 0 Å². The molecule has 43 heavy (non-hydrogen) atoms. The molecule has 22 heteroatoms. The van der Waals surface area contributed by atoms with Crippen LogP contribution >= 0.6 is 10.8 Å². The van der Waals surface area contributed by atoms with E-state index in [1.807, 2.05) is 0 Å². The van der Waals surface area contributed by atoms with E-state index in [1.165, 1.54) is 0 Å². The molecule has 0 saturated carbocycles. The van der Waals surface area contributed by atoms with E-state index in [9.17, 15) is 69.4 Å². The Kier molecular flexibility index (Phi) is 15.5. The lowest BCUT2D eigenvalue weighted by Crippen LogP contribution is -2.62. The second kappa shape index (κ2) is 17.3. The summed E-state index contributed by atoms with van der Waals surface area (Å²) < 4.78 is 57.3. The Labute approximate surface area is 248 Å². The molecular formula is C21H38O20S2. The van der Waals surface area contributed by atoms with Crippen molar-refractivity contribution in [1.29, 1.82) is 0 Å². The standard InChI is InChI=1S/C21H38O20S2/c22-1-8(25)12(27)13(28)9(26)4-38-21-19(37-3-7(24)6-42-43(34,35)36)17(32)15(30)11(41-21)5-39-20-18(33)16(31)14(29)10(2-23)40-20/h1,7-21,23-33H,2-6H2,(H,34,35,36)/t7?,8-,9+,10+,11+,12+,13+,14+,15+,16-,17-,18+,19+,20-,21-/m0/s1. The molecule has 2 fully saturated rings. The summed E-state index contributed by atoms with van der Waals surface area (Å²) in [5.74, 6) is -0.575. The molecule has 0 amide bonds. The summed E-state index contributed by atoms with van der Waals surface area (Å²) in [5, 5.41) is 110. The summed E-state index contributed by atoms with van der Waals surface area (Å²) in [5.41, 5.74) is 0. The minimum absolute atomic E-state index is 0.0271. The lowest BCUT2D eigenvalue weighted by molar-refractivity contribution is -0.338. The number of aliphatic hydroxyl groups excluding tert-OH is 11. The molecule has 20 nitrogen and oxygen atoms in total.